The van der Waals surface area contributed by atoms with Crippen molar-refractivity contribution in [3.05, 3.63) is 48.3 Å². The van der Waals surface area contributed by atoms with Gasteiger partial charge in [0.15, 0.2) is 6.10 Å². The second kappa shape index (κ2) is 7.12. The van der Waals surface area contributed by atoms with Crippen molar-refractivity contribution in [2.45, 2.75) is 43.6 Å². The largest absolute Gasteiger partial charge is 0.416 e. The third-order valence-electron chi connectivity index (χ3n) is 5.29. The molecule has 1 saturated carbocycles. The van der Waals surface area contributed by atoms with Gasteiger partial charge >= 0.3 is 12.2 Å². The molecule has 0 bridgehead atoms. The molecule has 1 aliphatic heterocycles. The Morgan fingerprint density at radius 2 is 2.04 bits per heavy atom. The number of benzene rings is 1. The second-order valence-electron chi connectivity index (χ2n) is 7.22. The van der Waals surface area contributed by atoms with Crippen LogP contribution in [-0.4, -0.2) is 58.2 Å². The van der Waals surface area contributed by atoms with E-state index in [1.807, 2.05) is 36.5 Å². The summed E-state index contributed by atoms with van der Waals surface area (Å²) >= 11 is 0. The molecule has 2 aliphatic rings. The predicted molar refractivity (Wildman–Crippen MR) is 95.2 cm³/mol. The molecule has 4 atom stereocenters. The summed E-state index contributed by atoms with van der Waals surface area (Å²) in [5, 5.41) is 7.20. The Hall–Kier alpha value is -2.55. The van der Waals surface area contributed by atoms with Crippen molar-refractivity contribution >= 4 is 6.03 Å². The monoisotopic (exact) mass is 394 g/mol. The molecule has 6 nitrogen and oxygen atoms in total. The van der Waals surface area contributed by atoms with E-state index in [-0.39, 0.29) is 25.1 Å². The van der Waals surface area contributed by atoms with E-state index in [4.69, 9.17) is 4.74 Å². The van der Waals surface area contributed by atoms with E-state index in [0.717, 1.165) is 17.7 Å². The molecule has 0 spiro atoms. The average molecular weight is 394 g/mol. The zero-order valence-electron chi connectivity index (χ0n) is 15.3. The Morgan fingerprint density at radius 3 is 2.75 bits per heavy atom. The van der Waals surface area contributed by atoms with Crippen molar-refractivity contribution in [3.63, 3.8) is 0 Å². The highest BCUT2D eigenvalue weighted by Crippen LogP contribution is 2.41. The predicted octanol–water partition coefficient (Wildman–Crippen LogP) is 3.09. The van der Waals surface area contributed by atoms with Gasteiger partial charge in [-0.1, -0.05) is 18.2 Å². The number of morpholine rings is 1. The number of halogens is 3. The number of urea groups is 1. The number of rotatable bonds is 3. The van der Waals surface area contributed by atoms with E-state index in [9.17, 15) is 18.0 Å². The number of hydrogen-bond donors (Lipinski definition) is 1. The van der Waals surface area contributed by atoms with Crippen LogP contribution in [0.3, 0.4) is 0 Å². The van der Waals surface area contributed by atoms with Crippen molar-refractivity contribution in [2.24, 2.45) is 0 Å². The lowest BCUT2D eigenvalue weighted by Crippen LogP contribution is -2.59. The Labute approximate surface area is 160 Å². The molecular formula is C19H21F3N4O2. The fourth-order valence-corrected chi connectivity index (χ4v) is 3.65. The topological polar surface area (TPSA) is 59.4 Å². The highest BCUT2D eigenvalue weighted by molar-refractivity contribution is 5.75. The first kappa shape index (κ1) is 18.8. The lowest BCUT2D eigenvalue weighted by molar-refractivity contribution is -0.246. The van der Waals surface area contributed by atoms with Crippen LogP contribution in [-0.2, 0) is 4.74 Å². The standard InChI is InChI=1S/C19H21F3N4O2/c1-12-17(19(20,21)22)28-8-7-25(12)18(27)24-16-9-15(16)13-10-23-26(11-13)14-5-3-2-4-6-14/h2-6,10-12,15-17H,7-9H2,1H3,(H,24,27)/t12-,15+,16-,17-/m1/s1. The van der Waals surface area contributed by atoms with Gasteiger partial charge in [0.2, 0.25) is 0 Å². The Kier molecular flexibility index (Phi) is 4.78. The number of hydrogen-bond acceptors (Lipinski definition) is 3. The zero-order chi connectivity index (χ0) is 19.9. The van der Waals surface area contributed by atoms with Gasteiger partial charge in [-0.25, -0.2) is 9.48 Å². The molecule has 4 rings (SSSR count). The SMILES string of the molecule is C[C@@H]1[C@H](C(F)(F)F)OCCN1C(=O)N[C@@H]1C[C@H]1c1cnn(-c2ccccc2)c1. The minimum atomic E-state index is -4.49. The Morgan fingerprint density at radius 1 is 1.29 bits per heavy atom. The summed E-state index contributed by atoms with van der Waals surface area (Å²) in [5.74, 6) is 0.121. The van der Waals surface area contributed by atoms with Gasteiger partial charge in [-0.2, -0.15) is 18.3 Å². The molecule has 1 saturated heterocycles. The van der Waals surface area contributed by atoms with Gasteiger partial charge in [-0.3, -0.25) is 0 Å². The van der Waals surface area contributed by atoms with Crippen LogP contribution in [0.5, 0.6) is 0 Å². The Bertz CT molecular complexity index is 839. The van der Waals surface area contributed by atoms with Crippen LogP contribution < -0.4 is 5.32 Å². The average Bonchev–Trinajstić information content (AvgIpc) is 3.24. The Balaban J connectivity index is 1.36. The number of aromatic nitrogens is 2. The van der Waals surface area contributed by atoms with E-state index >= 15 is 0 Å². The van der Waals surface area contributed by atoms with Crippen LogP contribution in [0.15, 0.2) is 42.7 Å². The molecule has 28 heavy (non-hydrogen) atoms. The molecule has 1 aliphatic carbocycles. The van der Waals surface area contributed by atoms with Gasteiger partial charge < -0.3 is 15.0 Å². The number of ether oxygens (including phenoxy) is 1. The molecule has 2 heterocycles. The van der Waals surface area contributed by atoms with Crippen LogP contribution in [0.25, 0.3) is 5.69 Å². The maximum Gasteiger partial charge on any atom is 0.416 e. The smallest absolute Gasteiger partial charge is 0.365 e. The normalized spacial score (nSPS) is 27.5. The molecule has 0 unspecified atom stereocenters. The highest BCUT2D eigenvalue weighted by atomic mass is 19.4. The van der Waals surface area contributed by atoms with E-state index in [1.165, 1.54) is 11.8 Å². The third kappa shape index (κ3) is 3.71. The maximum absolute atomic E-state index is 13.0. The van der Waals surface area contributed by atoms with Crippen molar-refractivity contribution in [2.75, 3.05) is 13.2 Å². The molecule has 9 heteroatoms. The number of para-hydroxylation sites is 1. The molecule has 2 fully saturated rings. The van der Waals surface area contributed by atoms with Crippen molar-refractivity contribution in [3.8, 4) is 5.69 Å². The van der Waals surface area contributed by atoms with Gasteiger partial charge in [0.1, 0.15) is 0 Å². The highest BCUT2D eigenvalue weighted by Gasteiger charge is 2.50. The summed E-state index contributed by atoms with van der Waals surface area (Å²) in [6, 6.07) is 8.03. The van der Waals surface area contributed by atoms with Crippen LogP contribution in [0.4, 0.5) is 18.0 Å². The van der Waals surface area contributed by atoms with Gasteiger partial charge in [-0.05, 0) is 31.0 Å². The van der Waals surface area contributed by atoms with Crippen LogP contribution in [0.2, 0.25) is 0 Å². The third-order valence-corrected chi connectivity index (χ3v) is 5.29. The van der Waals surface area contributed by atoms with Crippen molar-refractivity contribution < 1.29 is 22.7 Å². The van der Waals surface area contributed by atoms with E-state index in [2.05, 4.69) is 10.4 Å². The van der Waals surface area contributed by atoms with Crippen LogP contribution in [0.1, 0.15) is 24.8 Å². The minimum Gasteiger partial charge on any atom is -0.365 e. The first-order valence-electron chi connectivity index (χ1n) is 9.20. The van der Waals surface area contributed by atoms with Crippen LogP contribution >= 0.6 is 0 Å². The van der Waals surface area contributed by atoms with E-state index in [1.54, 1.807) is 10.9 Å². The van der Waals surface area contributed by atoms with Crippen LogP contribution in [0, 0.1) is 0 Å². The number of carbonyl (C=O) groups is 1. The first-order chi connectivity index (χ1) is 13.3. The first-order valence-corrected chi connectivity index (χ1v) is 9.20. The number of nitrogens with one attached hydrogen (secondary N) is 1. The zero-order valence-corrected chi connectivity index (χ0v) is 15.3. The van der Waals surface area contributed by atoms with Crippen molar-refractivity contribution in [1.29, 1.82) is 0 Å². The van der Waals surface area contributed by atoms with Gasteiger partial charge in [0, 0.05) is 24.7 Å². The summed E-state index contributed by atoms with van der Waals surface area (Å²) in [5.41, 5.74) is 1.94. The lowest BCUT2D eigenvalue weighted by atomic mass is 10.1. The van der Waals surface area contributed by atoms with Gasteiger partial charge in [0.25, 0.3) is 0 Å². The van der Waals surface area contributed by atoms with E-state index < -0.39 is 24.4 Å². The van der Waals surface area contributed by atoms with Gasteiger partial charge in [-0.15, -0.1) is 0 Å². The number of carbonyl (C=O) groups excluding carboxylic acids is 1. The maximum atomic E-state index is 13.0. The summed E-state index contributed by atoms with van der Waals surface area (Å²) in [6.07, 6.45) is -2.02. The minimum absolute atomic E-state index is 0.0969. The molecule has 1 N–H and O–H groups in total. The fourth-order valence-electron chi connectivity index (χ4n) is 3.65. The van der Waals surface area contributed by atoms with Crippen molar-refractivity contribution in [1.82, 2.24) is 20.0 Å². The molecule has 2 amide bonds. The summed E-state index contributed by atoms with van der Waals surface area (Å²) in [7, 11) is 0. The quantitative estimate of drug-likeness (QED) is 0.871. The fraction of sp³-hybridized carbons (Fsp3) is 0.474. The molecule has 0 radical (unpaired) electrons. The molecule has 1 aromatic heterocycles. The summed E-state index contributed by atoms with van der Waals surface area (Å²) in [6.45, 7) is 1.38. The van der Waals surface area contributed by atoms with E-state index in [0.29, 0.717) is 0 Å². The number of amides is 2. The number of nitrogens with zero attached hydrogens (tertiary/aromatic N) is 3. The molecule has 1 aromatic carbocycles. The lowest BCUT2D eigenvalue weighted by Gasteiger charge is -2.39. The summed E-state index contributed by atoms with van der Waals surface area (Å²) < 4.78 is 45.7. The second-order valence-corrected chi connectivity index (χ2v) is 7.22. The number of alkyl halides is 3. The summed E-state index contributed by atoms with van der Waals surface area (Å²) in [4.78, 5) is 13.7. The molecule has 2 aromatic rings. The van der Waals surface area contributed by atoms with Gasteiger partial charge in [0.05, 0.1) is 24.5 Å². The molecule has 150 valence electrons. The molecular weight excluding hydrogens is 373 g/mol.